The minimum Gasteiger partial charge on any atom is -0.384 e. The Morgan fingerprint density at radius 1 is 1.67 bits per heavy atom. The van der Waals surface area contributed by atoms with Gasteiger partial charge in [0.1, 0.15) is 0 Å². The Morgan fingerprint density at radius 3 is 3.00 bits per heavy atom. The molecule has 0 amide bonds. The number of rotatable bonds is 2. The van der Waals surface area contributed by atoms with Gasteiger partial charge in [-0.1, -0.05) is 5.92 Å². The third-order valence-electron chi connectivity index (χ3n) is 0.612. The quantitative estimate of drug-likeness (QED) is 0.231. The van der Waals surface area contributed by atoms with E-state index in [1.54, 1.807) is 7.11 Å². The molecule has 0 rings (SSSR count). The number of methoxy groups -OCH3 is 1. The van der Waals surface area contributed by atoms with Gasteiger partial charge in [0, 0.05) is 19.6 Å². The number of ether oxygens (including phenoxy) is 1. The van der Waals surface area contributed by atoms with Gasteiger partial charge in [0.15, 0.2) is 0 Å². The van der Waals surface area contributed by atoms with Crippen LogP contribution in [0, 0.1) is 12.0 Å². The molecule has 0 fully saturated rings. The van der Waals surface area contributed by atoms with Crippen LogP contribution in [-0.4, -0.2) is 19.8 Å². The van der Waals surface area contributed by atoms with Crippen molar-refractivity contribution >= 4 is 6.08 Å². The van der Waals surface area contributed by atoms with Gasteiger partial charge in [0.25, 0.3) is 0 Å². The Kier molecular flexibility index (Phi) is 6.06. The molecule has 48 valence electrons. The van der Waals surface area contributed by atoms with Crippen molar-refractivity contribution in [2.75, 3.05) is 13.7 Å². The molecule has 0 unspecified atom stereocenters. The van der Waals surface area contributed by atoms with Gasteiger partial charge in [-0.2, -0.15) is 0 Å². The minimum absolute atomic E-state index is 0.571. The van der Waals surface area contributed by atoms with E-state index >= 15 is 0 Å². The standard InChI is InChI=1S/C6H7NO2/c1-9-5-3-2-4-7-6-8/h3,5H2,1H3. The van der Waals surface area contributed by atoms with Crippen LogP contribution in [0.2, 0.25) is 0 Å². The van der Waals surface area contributed by atoms with Gasteiger partial charge in [0.2, 0.25) is 6.08 Å². The van der Waals surface area contributed by atoms with Gasteiger partial charge in [0.05, 0.1) is 6.61 Å². The van der Waals surface area contributed by atoms with E-state index in [-0.39, 0.29) is 0 Å². The van der Waals surface area contributed by atoms with E-state index in [0.29, 0.717) is 13.0 Å². The zero-order chi connectivity index (χ0) is 6.95. The zero-order valence-electron chi connectivity index (χ0n) is 5.18. The first-order valence-corrected chi connectivity index (χ1v) is 2.45. The van der Waals surface area contributed by atoms with Crippen LogP contribution in [0.4, 0.5) is 0 Å². The van der Waals surface area contributed by atoms with E-state index in [9.17, 15) is 4.79 Å². The fourth-order valence-corrected chi connectivity index (χ4v) is 0.271. The average molecular weight is 125 g/mol. The van der Waals surface area contributed by atoms with Crippen molar-refractivity contribution in [2.24, 2.45) is 4.99 Å². The number of nitrogens with zero attached hydrogens (tertiary/aromatic N) is 1. The normalized spacial score (nSPS) is 6.78. The molecule has 9 heavy (non-hydrogen) atoms. The number of aliphatic imine (C=N–C) groups is 1. The van der Waals surface area contributed by atoms with Crippen LogP contribution in [0.5, 0.6) is 0 Å². The molecule has 0 spiro atoms. The molecule has 0 aliphatic carbocycles. The summed E-state index contributed by atoms with van der Waals surface area (Å²) in [5.41, 5.74) is 0. The smallest absolute Gasteiger partial charge is 0.249 e. The maximum atomic E-state index is 9.41. The van der Waals surface area contributed by atoms with Crippen molar-refractivity contribution in [1.82, 2.24) is 0 Å². The van der Waals surface area contributed by atoms with Crippen LogP contribution < -0.4 is 0 Å². The minimum atomic E-state index is 0.571. The van der Waals surface area contributed by atoms with Crippen LogP contribution in [-0.2, 0) is 9.53 Å². The maximum Gasteiger partial charge on any atom is 0.249 e. The van der Waals surface area contributed by atoms with E-state index < -0.39 is 0 Å². The van der Waals surface area contributed by atoms with E-state index in [0.717, 1.165) is 0 Å². The van der Waals surface area contributed by atoms with E-state index in [1.165, 1.54) is 6.08 Å². The first-order chi connectivity index (χ1) is 4.41. The topological polar surface area (TPSA) is 38.7 Å². The number of carbonyl (C=O) groups excluding carboxylic acids is 1. The highest BCUT2D eigenvalue weighted by Crippen LogP contribution is 1.74. The maximum absolute atomic E-state index is 9.41. The van der Waals surface area contributed by atoms with Crippen LogP contribution in [0.25, 0.3) is 0 Å². The van der Waals surface area contributed by atoms with Gasteiger partial charge in [-0.25, -0.2) is 4.79 Å². The highest BCUT2D eigenvalue weighted by atomic mass is 16.5. The Hall–Kier alpha value is -1.10. The van der Waals surface area contributed by atoms with Crippen molar-refractivity contribution in [3.63, 3.8) is 0 Å². The fourth-order valence-electron chi connectivity index (χ4n) is 0.271. The molecular weight excluding hydrogens is 118 g/mol. The van der Waals surface area contributed by atoms with Crippen molar-refractivity contribution in [3.05, 3.63) is 0 Å². The first-order valence-electron chi connectivity index (χ1n) is 2.45. The summed E-state index contributed by atoms with van der Waals surface area (Å²) in [7, 11) is 1.59. The average Bonchev–Trinajstić information content (AvgIpc) is 1.89. The highest BCUT2D eigenvalue weighted by Gasteiger charge is 1.72. The molecule has 0 saturated carbocycles. The molecule has 0 aliphatic heterocycles. The summed E-state index contributed by atoms with van der Waals surface area (Å²) in [6, 6.07) is 2.24. The molecule has 3 heteroatoms. The Labute approximate surface area is 53.7 Å². The Bertz CT molecular complexity index is 160. The third kappa shape index (κ3) is 6.90. The van der Waals surface area contributed by atoms with Crippen molar-refractivity contribution in [1.29, 1.82) is 0 Å². The van der Waals surface area contributed by atoms with Crippen molar-refractivity contribution in [3.8, 4) is 12.0 Å². The van der Waals surface area contributed by atoms with Gasteiger partial charge in [-0.15, -0.1) is 4.99 Å². The van der Waals surface area contributed by atoms with Crippen LogP contribution in [0.15, 0.2) is 4.99 Å². The molecule has 0 aliphatic rings. The second-order valence-electron chi connectivity index (χ2n) is 1.23. The lowest BCUT2D eigenvalue weighted by molar-refractivity contribution is 0.206. The summed E-state index contributed by atoms with van der Waals surface area (Å²) in [5.74, 6) is 2.58. The zero-order valence-corrected chi connectivity index (χ0v) is 5.18. The Morgan fingerprint density at radius 2 is 2.44 bits per heavy atom. The molecule has 0 atom stereocenters. The summed E-state index contributed by atoms with van der Waals surface area (Å²) in [5, 5.41) is 0. The summed E-state index contributed by atoms with van der Waals surface area (Å²) < 4.78 is 4.68. The fraction of sp³-hybridized carbons (Fsp3) is 0.500. The highest BCUT2D eigenvalue weighted by molar-refractivity contribution is 5.36. The number of isocyanates is 1. The van der Waals surface area contributed by atoms with Crippen LogP contribution in [0.3, 0.4) is 0 Å². The first kappa shape index (κ1) is 7.90. The van der Waals surface area contributed by atoms with Crippen molar-refractivity contribution in [2.45, 2.75) is 6.42 Å². The largest absolute Gasteiger partial charge is 0.384 e. The summed E-state index contributed by atoms with van der Waals surface area (Å²) in [6.45, 7) is 0.571. The molecule has 0 aromatic carbocycles. The SMILES string of the molecule is COCCC#CN=C=O. The molecule has 0 saturated heterocycles. The molecule has 3 nitrogen and oxygen atoms in total. The molecular formula is C6H7NO2. The molecule has 0 heterocycles. The third-order valence-corrected chi connectivity index (χ3v) is 0.612. The lowest BCUT2D eigenvalue weighted by Crippen LogP contribution is -1.83. The predicted molar refractivity (Wildman–Crippen MR) is 32.4 cm³/mol. The number of hydrogen-bond acceptors (Lipinski definition) is 3. The number of hydrogen-bond donors (Lipinski definition) is 0. The van der Waals surface area contributed by atoms with E-state index in [4.69, 9.17) is 0 Å². The second kappa shape index (κ2) is 6.90. The van der Waals surface area contributed by atoms with Crippen LogP contribution in [0.1, 0.15) is 6.42 Å². The van der Waals surface area contributed by atoms with E-state index in [2.05, 4.69) is 21.7 Å². The lowest BCUT2D eigenvalue weighted by Gasteiger charge is -1.84. The van der Waals surface area contributed by atoms with Crippen LogP contribution >= 0.6 is 0 Å². The molecule has 0 radical (unpaired) electrons. The summed E-state index contributed by atoms with van der Waals surface area (Å²) in [6.07, 6.45) is 1.90. The molecule has 0 N–H and O–H groups in total. The van der Waals surface area contributed by atoms with Gasteiger partial charge < -0.3 is 4.74 Å². The van der Waals surface area contributed by atoms with Gasteiger partial charge >= 0.3 is 0 Å². The molecule has 0 aromatic rings. The van der Waals surface area contributed by atoms with E-state index in [1.807, 2.05) is 0 Å². The second-order valence-corrected chi connectivity index (χ2v) is 1.23. The Balaban J connectivity index is 3.26. The summed E-state index contributed by atoms with van der Waals surface area (Å²) in [4.78, 5) is 12.4. The van der Waals surface area contributed by atoms with Crippen molar-refractivity contribution < 1.29 is 9.53 Å². The molecule has 0 aromatic heterocycles. The summed E-state index contributed by atoms with van der Waals surface area (Å²) >= 11 is 0. The van der Waals surface area contributed by atoms with Gasteiger partial charge in [-0.05, 0) is 0 Å². The molecule has 0 bridgehead atoms. The lowest BCUT2D eigenvalue weighted by atomic mass is 10.5. The monoisotopic (exact) mass is 125 g/mol. The van der Waals surface area contributed by atoms with Gasteiger partial charge in [-0.3, -0.25) is 0 Å². The predicted octanol–water partition coefficient (Wildman–Crippen LogP) is 0.320.